The number of hydrogen-bond donors (Lipinski definition) is 0. The van der Waals surface area contributed by atoms with E-state index in [1.54, 1.807) is 0 Å². The van der Waals surface area contributed by atoms with Crippen LogP contribution in [0.1, 0.15) is 13.8 Å². The topological polar surface area (TPSA) is 26.3 Å². The van der Waals surface area contributed by atoms with E-state index < -0.39 is 0 Å². The van der Waals surface area contributed by atoms with Crippen LogP contribution in [-0.4, -0.2) is 12.1 Å². The van der Waals surface area contributed by atoms with E-state index in [4.69, 9.17) is 4.74 Å². The van der Waals surface area contributed by atoms with Gasteiger partial charge in [-0.2, -0.15) is 0 Å². The molecule has 0 bridgehead atoms. The van der Waals surface area contributed by atoms with Crippen molar-refractivity contribution in [3.63, 3.8) is 0 Å². The van der Waals surface area contributed by atoms with Crippen molar-refractivity contribution in [3.8, 4) is 0 Å². The fourth-order valence-electron chi connectivity index (χ4n) is 0.342. The first-order valence-electron chi connectivity index (χ1n) is 2.63. The van der Waals surface area contributed by atoms with Crippen LogP contribution >= 0.6 is 0 Å². The molecular weight excluding hydrogens is 289 g/mol. The molecule has 0 aliphatic carbocycles. The van der Waals surface area contributed by atoms with E-state index in [-0.39, 0.29) is 12.1 Å². The summed E-state index contributed by atoms with van der Waals surface area (Å²) in [5.41, 5.74) is 0. The van der Waals surface area contributed by atoms with E-state index >= 15 is 0 Å². The number of esters is 1. The molecule has 0 rings (SSSR count). The molecule has 0 aromatic heterocycles. The summed E-state index contributed by atoms with van der Waals surface area (Å²) in [4.78, 5) is 10.2. The Labute approximate surface area is 65.6 Å². The van der Waals surface area contributed by atoms with Gasteiger partial charge in [-0.25, -0.2) is 0 Å². The number of carbonyl (C=O) groups excluding carboxylic acids is 1. The van der Waals surface area contributed by atoms with Crippen LogP contribution in [0.15, 0.2) is 0 Å². The van der Waals surface area contributed by atoms with Crippen molar-refractivity contribution in [1.29, 1.82) is 0 Å². The molecule has 0 aromatic carbocycles. The normalized spacial score (nSPS) is 13.0. The van der Waals surface area contributed by atoms with Gasteiger partial charge >= 0.3 is 65.5 Å². The summed E-state index contributed by atoms with van der Waals surface area (Å²) in [5.74, 6) is -0.164. The molecule has 43 valence electrons. The predicted octanol–water partition coefficient (Wildman–Crippen LogP) is 0.903. The van der Waals surface area contributed by atoms with Gasteiger partial charge in [-0.05, 0) is 0 Å². The molecule has 0 aliphatic heterocycles. The number of ether oxygens (including phenoxy) is 1. The van der Waals surface area contributed by atoms with Crippen molar-refractivity contribution in [3.05, 3.63) is 0 Å². The Kier molecular flexibility index (Phi) is 4.52. The van der Waals surface area contributed by atoms with Gasteiger partial charge in [0.25, 0.3) is 0 Å². The average molecular weight is 298 g/mol. The first kappa shape index (κ1) is 8.41. The van der Waals surface area contributed by atoms with Gasteiger partial charge in [-0.1, -0.05) is 0 Å². The van der Waals surface area contributed by atoms with Crippen molar-refractivity contribution in [2.45, 2.75) is 23.9 Å². The van der Waals surface area contributed by atoms with Crippen LogP contribution in [-0.2, 0) is 35.7 Å². The summed E-state index contributed by atoms with van der Waals surface area (Å²) in [6.45, 7) is 3.37. The standard InChI is InChI=1S/C5H9O2.Hg/c1-4(2)7-5(3)6;/h4H,1H2,2-3H3;/i;1-4. The third-order valence-electron chi connectivity index (χ3n) is 0.774. The summed E-state index contributed by atoms with van der Waals surface area (Å²) >= 11 is 0.750. The summed E-state index contributed by atoms with van der Waals surface area (Å²) in [5, 5.41) is 0. The third-order valence-corrected chi connectivity index (χ3v) is 3.93. The quantitative estimate of drug-likeness (QED) is 0.559. The molecule has 0 N–H and O–H groups in total. The molecule has 0 aromatic rings. The van der Waals surface area contributed by atoms with Crippen LogP contribution in [0.5, 0.6) is 0 Å². The first-order valence-corrected chi connectivity index (χ1v) is 6.52. The molecule has 3 heteroatoms. The van der Waals surface area contributed by atoms with Gasteiger partial charge in [-0.3, -0.25) is 0 Å². The monoisotopic (exact) mass is 298 g/mol. The van der Waals surface area contributed by atoms with Gasteiger partial charge < -0.3 is 0 Å². The maximum absolute atomic E-state index is 10.2. The Morgan fingerprint density at radius 1 is 1.88 bits per heavy atom. The van der Waals surface area contributed by atoms with Crippen molar-refractivity contribution in [2.24, 2.45) is 0 Å². The number of carbonyl (C=O) groups is 1. The fraction of sp³-hybridized carbons (Fsp3) is 0.800. The van der Waals surface area contributed by atoms with Gasteiger partial charge in [0.05, 0.1) is 0 Å². The molecule has 8 heavy (non-hydrogen) atoms. The van der Waals surface area contributed by atoms with Gasteiger partial charge in [-0.15, -0.1) is 0 Å². The molecule has 0 saturated carbocycles. The van der Waals surface area contributed by atoms with Crippen LogP contribution < -0.4 is 0 Å². The molecule has 2 nitrogen and oxygen atoms in total. The minimum atomic E-state index is -0.164. The Bertz CT molecular complexity index is 82.5. The molecule has 0 saturated heterocycles. The zero-order chi connectivity index (χ0) is 6.57. The Morgan fingerprint density at radius 3 is 2.50 bits per heavy atom. The van der Waals surface area contributed by atoms with E-state index in [2.05, 4.69) is 0 Å². The molecule has 0 aliphatic rings. The van der Waals surface area contributed by atoms with Crippen molar-refractivity contribution in [2.75, 3.05) is 0 Å². The number of hydrogen-bond acceptors (Lipinski definition) is 2. The average Bonchev–Trinajstić information content (AvgIpc) is 1.65. The first-order chi connectivity index (χ1) is 3.66. The second kappa shape index (κ2) is 4.30. The van der Waals surface area contributed by atoms with Crippen molar-refractivity contribution in [1.82, 2.24) is 0 Å². The maximum atomic E-state index is 10.2. The summed E-state index contributed by atoms with van der Waals surface area (Å²) < 4.78 is 5.89. The molecular formula is C5H9HgO2. The van der Waals surface area contributed by atoms with Gasteiger partial charge in [0.2, 0.25) is 0 Å². The molecule has 0 amide bonds. The van der Waals surface area contributed by atoms with Gasteiger partial charge in [0, 0.05) is 0 Å². The zero-order valence-corrected chi connectivity index (χ0v) is 10.8. The second-order valence-corrected chi connectivity index (χ2v) is 3.95. The van der Waals surface area contributed by atoms with E-state index in [1.807, 2.05) is 6.92 Å². The van der Waals surface area contributed by atoms with Crippen LogP contribution in [0.25, 0.3) is 0 Å². The molecule has 1 atom stereocenters. The zero-order valence-electron chi connectivity index (χ0n) is 5.31. The summed E-state index contributed by atoms with van der Waals surface area (Å²) in [7, 11) is 0. The van der Waals surface area contributed by atoms with Gasteiger partial charge in [0.1, 0.15) is 0 Å². The molecule has 0 radical (unpaired) electrons. The predicted molar refractivity (Wildman–Crippen MR) is 26.0 cm³/mol. The fourth-order valence-corrected chi connectivity index (χ4v) is 0.800. The van der Waals surface area contributed by atoms with E-state index in [0.717, 1.165) is 30.1 Å². The van der Waals surface area contributed by atoms with Crippen LogP contribution in [0.2, 0.25) is 3.93 Å². The Morgan fingerprint density at radius 2 is 2.38 bits per heavy atom. The van der Waals surface area contributed by atoms with E-state index in [1.165, 1.54) is 6.92 Å². The van der Waals surface area contributed by atoms with Crippen molar-refractivity contribution >= 4 is 5.97 Å². The Hall–Kier alpha value is 0.405. The minimum absolute atomic E-state index is 0.163. The molecule has 0 fully saturated rings. The van der Waals surface area contributed by atoms with Crippen molar-refractivity contribution < 1.29 is 35.7 Å². The summed E-state index contributed by atoms with van der Waals surface area (Å²) in [6.07, 6.45) is 0.163. The van der Waals surface area contributed by atoms with E-state index in [0.29, 0.717) is 0 Å². The molecule has 1 unspecified atom stereocenters. The summed E-state index contributed by atoms with van der Waals surface area (Å²) in [6, 6.07) is 0. The van der Waals surface area contributed by atoms with Gasteiger partial charge in [0.15, 0.2) is 0 Å². The molecule has 0 heterocycles. The van der Waals surface area contributed by atoms with Crippen LogP contribution in [0, 0.1) is 0 Å². The van der Waals surface area contributed by atoms with Crippen LogP contribution in [0.3, 0.4) is 0 Å². The van der Waals surface area contributed by atoms with Crippen LogP contribution in [0.4, 0.5) is 0 Å². The number of rotatable bonds is 2. The Balaban J connectivity index is 3.24. The SMILES string of the molecule is CC(=O)OC(C)[CH2][197Hg]. The molecule has 0 spiro atoms. The second-order valence-electron chi connectivity index (χ2n) is 1.71. The van der Waals surface area contributed by atoms with E-state index in [9.17, 15) is 4.79 Å². The third kappa shape index (κ3) is 4.56.